The molecule has 0 spiro atoms. The Balaban J connectivity index is 1.33. The average molecular weight is 359 g/mol. The van der Waals surface area contributed by atoms with Crippen LogP contribution in [0, 0.1) is 40.9 Å². The van der Waals surface area contributed by atoms with Gasteiger partial charge in [-0.15, -0.1) is 0 Å². The molecule has 3 heteroatoms. The van der Waals surface area contributed by atoms with E-state index in [0.29, 0.717) is 11.5 Å². The van der Waals surface area contributed by atoms with Crippen molar-refractivity contribution < 1.29 is 9.22 Å². The maximum Gasteiger partial charge on any atom is 0.298 e. The normalized spacial score (nSPS) is 48.1. The van der Waals surface area contributed by atoms with E-state index in [0.717, 1.165) is 36.0 Å². The molecular weight excluding hydrogens is 324 g/mol. The summed E-state index contributed by atoms with van der Waals surface area (Å²) in [5.74, 6) is 4.83. The van der Waals surface area contributed by atoms with Gasteiger partial charge in [0.05, 0.1) is 5.41 Å². The summed E-state index contributed by atoms with van der Waals surface area (Å²) in [4.78, 5) is 13.4. The average Bonchev–Trinajstić information content (AvgIpc) is 3.33. The lowest BCUT2D eigenvalue weighted by Crippen LogP contribution is -2.48. The highest BCUT2D eigenvalue weighted by Crippen LogP contribution is 2.70. The summed E-state index contributed by atoms with van der Waals surface area (Å²) in [6.45, 7) is 6.87. The van der Waals surface area contributed by atoms with Crippen molar-refractivity contribution in [3.05, 3.63) is 12.2 Å². The van der Waals surface area contributed by atoms with Crippen molar-refractivity contribution in [2.45, 2.75) is 76.9 Å². The molecule has 0 aliphatic heterocycles. The fourth-order valence-electron chi connectivity index (χ4n) is 7.84. The molecule has 4 saturated carbocycles. The minimum Gasteiger partial charge on any atom is -0.519 e. The molecule has 0 aromatic rings. The molecule has 5 aliphatic carbocycles. The van der Waals surface area contributed by atoms with E-state index in [1.54, 1.807) is 0 Å². The molecule has 7 atom stereocenters. The molecule has 0 radical (unpaired) electrons. The lowest BCUT2D eigenvalue weighted by Gasteiger charge is -2.44. The molecule has 0 saturated heterocycles. The maximum absolute atomic E-state index is 13.4. The van der Waals surface area contributed by atoms with E-state index in [-0.39, 0.29) is 11.4 Å². The summed E-state index contributed by atoms with van der Waals surface area (Å²) in [7, 11) is -1.92. The number of allylic oxidation sites excluding steroid dienone is 2. The summed E-state index contributed by atoms with van der Waals surface area (Å²) < 4.78 is 6.43. The van der Waals surface area contributed by atoms with Gasteiger partial charge >= 0.3 is 0 Å². The van der Waals surface area contributed by atoms with E-state index in [2.05, 4.69) is 32.2 Å². The van der Waals surface area contributed by atoms with Gasteiger partial charge in [-0.3, -0.25) is 4.79 Å². The van der Waals surface area contributed by atoms with Gasteiger partial charge in [0.15, 0.2) is 0 Å². The van der Waals surface area contributed by atoms with Gasteiger partial charge in [-0.1, -0.05) is 31.4 Å². The molecule has 0 heterocycles. The van der Waals surface area contributed by atoms with Crippen LogP contribution in [0.25, 0.3) is 0 Å². The van der Waals surface area contributed by atoms with E-state index in [1.165, 1.54) is 44.9 Å². The zero-order valence-corrected chi connectivity index (χ0v) is 17.2. The first-order valence-electron chi connectivity index (χ1n) is 10.8. The molecule has 2 nitrogen and oxygen atoms in total. The lowest BCUT2D eigenvalue weighted by atomic mass is 9.63. The van der Waals surface area contributed by atoms with Crippen LogP contribution in [0.15, 0.2) is 12.2 Å². The topological polar surface area (TPSA) is 26.3 Å². The Hall–Kier alpha value is -0.573. The van der Waals surface area contributed by atoms with Gasteiger partial charge in [0.1, 0.15) is 0 Å². The predicted molar refractivity (Wildman–Crippen MR) is 102 cm³/mol. The molecule has 5 aliphatic rings. The number of hydrogen-bond acceptors (Lipinski definition) is 2. The summed E-state index contributed by atoms with van der Waals surface area (Å²) in [6.07, 6.45) is 15.3. The predicted octanol–water partition coefficient (Wildman–Crippen LogP) is 5.55. The Morgan fingerprint density at radius 1 is 1.04 bits per heavy atom. The van der Waals surface area contributed by atoms with Crippen LogP contribution in [0.1, 0.15) is 58.3 Å². The number of fused-ring (bicyclic) bond motifs is 9. The van der Waals surface area contributed by atoms with Crippen LogP contribution < -0.4 is 0 Å². The molecule has 4 bridgehead atoms. The zero-order chi connectivity index (χ0) is 17.4. The standard InChI is InChI=1S/C22H34O2Si/c1-22(21(23)24-25(2,3)17-7-5-4-6-8-17)13-16-12-18(22)20-15-10-9-14(11-15)19(16)20/h9-10,14-20H,4-8,11-13H2,1-3H3. The van der Waals surface area contributed by atoms with Crippen LogP contribution in [-0.2, 0) is 9.22 Å². The summed E-state index contributed by atoms with van der Waals surface area (Å²) in [5.41, 5.74) is 0.494. The van der Waals surface area contributed by atoms with Gasteiger partial charge in [-0.05, 0) is 93.2 Å². The quantitative estimate of drug-likeness (QED) is 0.375. The minimum atomic E-state index is -1.92. The molecule has 0 N–H and O–H groups in total. The van der Waals surface area contributed by atoms with Crippen LogP contribution in [-0.4, -0.2) is 14.3 Å². The Bertz CT molecular complexity index is 605. The first kappa shape index (κ1) is 16.6. The van der Waals surface area contributed by atoms with Crippen LogP contribution in [0.4, 0.5) is 0 Å². The molecule has 0 aromatic heterocycles. The number of carbonyl (C=O) groups is 1. The third-order valence-electron chi connectivity index (χ3n) is 9.06. The number of rotatable bonds is 3. The van der Waals surface area contributed by atoms with Crippen LogP contribution in [0.5, 0.6) is 0 Å². The molecule has 0 aromatic carbocycles. The van der Waals surface area contributed by atoms with Gasteiger partial charge < -0.3 is 4.43 Å². The molecule has 0 amide bonds. The van der Waals surface area contributed by atoms with Crippen molar-refractivity contribution in [1.29, 1.82) is 0 Å². The van der Waals surface area contributed by atoms with Crippen molar-refractivity contribution in [2.75, 3.05) is 0 Å². The van der Waals surface area contributed by atoms with Gasteiger partial charge in [0, 0.05) is 0 Å². The van der Waals surface area contributed by atoms with Crippen LogP contribution in [0.2, 0.25) is 18.6 Å². The first-order valence-corrected chi connectivity index (χ1v) is 13.8. The van der Waals surface area contributed by atoms with Crippen molar-refractivity contribution in [3.63, 3.8) is 0 Å². The Kier molecular flexibility index (Phi) is 3.63. The second kappa shape index (κ2) is 5.47. The fraction of sp³-hybridized carbons (Fsp3) is 0.864. The summed E-state index contributed by atoms with van der Waals surface area (Å²) >= 11 is 0. The van der Waals surface area contributed by atoms with Gasteiger partial charge in [-0.2, -0.15) is 0 Å². The van der Waals surface area contributed by atoms with E-state index in [1.807, 2.05) is 0 Å². The highest BCUT2D eigenvalue weighted by atomic mass is 28.4. The van der Waals surface area contributed by atoms with E-state index in [4.69, 9.17) is 4.43 Å². The molecule has 7 unspecified atom stereocenters. The van der Waals surface area contributed by atoms with Crippen molar-refractivity contribution in [1.82, 2.24) is 0 Å². The summed E-state index contributed by atoms with van der Waals surface area (Å²) in [5, 5.41) is 0. The summed E-state index contributed by atoms with van der Waals surface area (Å²) in [6, 6.07) is 0. The van der Waals surface area contributed by atoms with E-state index < -0.39 is 8.32 Å². The highest BCUT2D eigenvalue weighted by Gasteiger charge is 2.67. The van der Waals surface area contributed by atoms with Crippen molar-refractivity contribution in [2.24, 2.45) is 40.9 Å². The van der Waals surface area contributed by atoms with Gasteiger partial charge in [0.25, 0.3) is 14.3 Å². The van der Waals surface area contributed by atoms with E-state index >= 15 is 0 Å². The molecular formula is C22H34O2Si. The highest BCUT2D eigenvalue weighted by molar-refractivity contribution is 6.74. The van der Waals surface area contributed by atoms with E-state index in [9.17, 15) is 4.79 Å². The van der Waals surface area contributed by atoms with Gasteiger partial charge in [0.2, 0.25) is 0 Å². The Morgan fingerprint density at radius 2 is 1.72 bits per heavy atom. The number of carbonyl (C=O) groups excluding carboxylic acids is 1. The van der Waals surface area contributed by atoms with Crippen molar-refractivity contribution in [3.8, 4) is 0 Å². The first-order chi connectivity index (χ1) is 11.9. The lowest BCUT2D eigenvalue weighted by molar-refractivity contribution is -0.151. The third kappa shape index (κ3) is 2.30. The monoisotopic (exact) mass is 358 g/mol. The third-order valence-corrected chi connectivity index (χ3v) is 12.3. The fourth-order valence-corrected chi connectivity index (χ4v) is 10.5. The zero-order valence-electron chi connectivity index (χ0n) is 16.2. The smallest absolute Gasteiger partial charge is 0.298 e. The minimum absolute atomic E-state index is 0.187. The second-order valence-corrected chi connectivity index (χ2v) is 14.9. The van der Waals surface area contributed by atoms with Crippen LogP contribution in [0.3, 0.4) is 0 Å². The maximum atomic E-state index is 13.4. The number of hydrogen-bond donors (Lipinski definition) is 0. The largest absolute Gasteiger partial charge is 0.519 e. The van der Waals surface area contributed by atoms with Crippen LogP contribution >= 0.6 is 0 Å². The van der Waals surface area contributed by atoms with Crippen molar-refractivity contribution >= 4 is 14.3 Å². The molecule has 5 rings (SSSR count). The second-order valence-electron chi connectivity index (χ2n) is 10.7. The molecule has 4 fully saturated rings. The van der Waals surface area contributed by atoms with Gasteiger partial charge in [-0.25, -0.2) is 0 Å². The molecule has 138 valence electrons. The Morgan fingerprint density at radius 3 is 2.44 bits per heavy atom. The Labute approximate surface area is 153 Å². The SMILES string of the molecule is CC1(C(=O)O[Si](C)(C)C2CCCCC2)CC2CC1C1C3C=CC(C3)C21. The molecule has 25 heavy (non-hydrogen) atoms.